The second-order valence-corrected chi connectivity index (χ2v) is 6.61. The number of nitro groups is 1. The highest BCUT2D eigenvalue weighted by Crippen LogP contribution is 2.45. The van der Waals surface area contributed by atoms with Crippen molar-refractivity contribution in [3.05, 3.63) is 52.1 Å². The fraction of sp³-hybridized carbons (Fsp3) is 0.333. The molecule has 4 atom stereocenters. The Balaban J connectivity index is 1.78. The van der Waals surface area contributed by atoms with E-state index in [9.17, 15) is 24.5 Å². The summed E-state index contributed by atoms with van der Waals surface area (Å²) in [6, 6.07) is 3.92. The molecule has 0 unspecified atom stereocenters. The number of ketones is 1. The maximum absolute atomic E-state index is 13.2. The maximum atomic E-state index is 13.2. The molecule has 1 aromatic rings. The molecule has 138 valence electrons. The summed E-state index contributed by atoms with van der Waals surface area (Å²) in [7, 11) is 0. The van der Waals surface area contributed by atoms with Crippen LogP contribution >= 0.6 is 0 Å². The molecule has 0 bridgehead atoms. The highest BCUT2D eigenvalue weighted by molar-refractivity contribution is 6.12. The third-order valence-corrected chi connectivity index (χ3v) is 5.31. The zero-order valence-corrected chi connectivity index (χ0v) is 14.4. The largest absolute Gasteiger partial charge is 0.292 e. The van der Waals surface area contributed by atoms with Crippen molar-refractivity contribution in [2.45, 2.75) is 19.0 Å². The Labute approximate surface area is 154 Å². The Morgan fingerprint density at radius 2 is 2.00 bits per heavy atom. The van der Waals surface area contributed by atoms with Crippen LogP contribution in [0, 0.1) is 22.0 Å². The fourth-order valence-corrected chi connectivity index (χ4v) is 4.15. The zero-order chi connectivity index (χ0) is 19.3. The lowest BCUT2D eigenvalue weighted by Crippen LogP contribution is -2.45. The van der Waals surface area contributed by atoms with Gasteiger partial charge >= 0.3 is 0 Å². The lowest BCUT2D eigenvalue weighted by atomic mass is 9.86. The van der Waals surface area contributed by atoms with Crippen molar-refractivity contribution in [3.8, 4) is 0 Å². The average molecular weight is 368 g/mol. The number of allylic oxidation sites excluding steroid dienone is 1. The van der Waals surface area contributed by atoms with Crippen LogP contribution in [0.4, 0.5) is 5.69 Å². The summed E-state index contributed by atoms with van der Waals surface area (Å²) >= 11 is 0. The summed E-state index contributed by atoms with van der Waals surface area (Å²) in [6.07, 6.45) is 4.94. The molecule has 0 saturated carbocycles. The van der Waals surface area contributed by atoms with Crippen molar-refractivity contribution in [2.24, 2.45) is 16.9 Å². The lowest BCUT2D eigenvalue weighted by molar-refractivity contribution is -0.384. The van der Waals surface area contributed by atoms with Crippen LogP contribution < -0.4 is 0 Å². The Kier molecular flexibility index (Phi) is 3.87. The summed E-state index contributed by atoms with van der Waals surface area (Å²) in [5, 5.41) is 16.7. The minimum atomic E-state index is -0.976. The van der Waals surface area contributed by atoms with Gasteiger partial charge in [0.2, 0.25) is 11.8 Å². The zero-order valence-electron chi connectivity index (χ0n) is 14.4. The maximum Gasteiger partial charge on any atom is 0.270 e. The van der Waals surface area contributed by atoms with Gasteiger partial charge in [0.1, 0.15) is 6.04 Å². The van der Waals surface area contributed by atoms with Gasteiger partial charge in [0, 0.05) is 30.5 Å². The molecule has 2 amide bonds. The molecular weight excluding hydrogens is 352 g/mol. The van der Waals surface area contributed by atoms with Crippen LogP contribution in [0.1, 0.15) is 17.3 Å². The molecule has 0 aromatic heterocycles. The molecule has 9 nitrogen and oxygen atoms in total. The second-order valence-electron chi connectivity index (χ2n) is 6.61. The van der Waals surface area contributed by atoms with Crippen molar-refractivity contribution in [1.82, 2.24) is 9.91 Å². The molecule has 2 saturated heterocycles. The summed E-state index contributed by atoms with van der Waals surface area (Å²) in [6.45, 7) is 1.95. The van der Waals surface area contributed by atoms with Crippen LogP contribution in [0.5, 0.6) is 0 Å². The predicted octanol–water partition coefficient (Wildman–Crippen LogP) is 1.01. The van der Waals surface area contributed by atoms with E-state index < -0.39 is 40.5 Å². The van der Waals surface area contributed by atoms with Gasteiger partial charge in [0.05, 0.1) is 22.8 Å². The number of carbonyl (C=O) groups is 3. The average Bonchev–Trinajstić information content (AvgIpc) is 3.14. The van der Waals surface area contributed by atoms with E-state index in [2.05, 4.69) is 5.10 Å². The third-order valence-electron chi connectivity index (χ3n) is 5.31. The Morgan fingerprint density at radius 3 is 2.70 bits per heavy atom. The summed E-state index contributed by atoms with van der Waals surface area (Å²) in [5.41, 5.74) is -0.0912. The van der Waals surface area contributed by atoms with Crippen molar-refractivity contribution >= 4 is 29.5 Å². The van der Waals surface area contributed by atoms with Crippen LogP contribution in [-0.4, -0.2) is 57.3 Å². The predicted molar refractivity (Wildman–Crippen MR) is 93.8 cm³/mol. The molecule has 27 heavy (non-hydrogen) atoms. The number of hydrogen-bond donors (Lipinski definition) is 0. The topological polar surface area (TPSA) is 113 Å². The van der Waals surface area contributed by atoms with Crippen molar-refractivity contribution in [3.63, 3.8) is 0 Å². The minimum Gasteiger partial charge on any atom is -0.292 e. The molecule has 0 N–H and O–H groups in total. The van der Waals surface area contributed by atoms with Crippen LogP contribution in [-0.2, 0) is 9.59 Å². The Morgan fingerprint density at radius 1 is 1.26 bits per heavy atom. The number of amides is 2. The van der Waals surface area contributed by atoms with Gasteiger partial charge in [-0.1, -0.05) is 18.2 Å². The molecular formula is C18H16N4O5. The second kappa shape index (κ2) is 6.11. The Hall–Kier alpha value is -3.36. The molecule has 9 heteroatoms. The molecule has 0 aliphatic carbocycles. The first kappa shape index (κ1) is 17.1. The van der Waals surface area contributed by atoms with Crippen molar-refractivity contribution in [1.29, 1.82) is 0 Å². The molecule has 2 fully saturated rings. The number of benzene rings is 1. The first-order valence-corrected chi connectivity index (χ1v) is 8.58. The minimum absolute atomic E-state index is 0.119. The van der Waals surface area contributed by atoms with Gasteiger partial charge in [-0.15, -0.1) is 0 Å². The van der Waals surface area contributed by atoms with Crippen LogP contribution in [0.2, 0.25) is 0 Å². The van der Waals surface area contributed by atoms with E-state index in [1.807, 2.05) is 0 Å². The molecule has 3 aliphatic rings. The summed E-state index contributed by atoms with van der Waals surface area (Å²) in [5.74, 6) is -2.69. The number of rotatable bonds is 4. The third kappa shape index (κ3) is 2.38. The molecule has 4 rings (SSSR count). The van der Waals surface area contributed by atoms with Crippen molar-refractivity contribution in [2.75, 3.05) is 6.54 Å². The summed E-state index contributed by atoms with van der Waals surface area (Å²) in [4.78, 5) is 50.4. The van der Waals surface area contributed by atoms with Gasteiger partial charge in [-0.2, -0.15) is 5.10 Å². The standard InChI is InChI=1S/C18H16N4O5/c1-2-20-17(24)13-12-7-4-8-19-21(12)15(14(13)18(20)25)16(23)10-5-3-6-11(9-10)22(26)27/h3-9,12-15H,2H2,1H3/t12-,13+,14+,15-/m1/s1. The van der Waals surface area contributed by atoms with Gasteiger partial charge < -0.3 is 0 Å². The number of nitro benzene ring substituents is 1. The van der Waals surface area contributed by atoms with Gasteiger partial charge in [-0.25, -0.2) is 0 Å². The number of Topliss-reactive ketones (excluding diaryl/α,β-unsaturated/α-hetero) is 1. The quantitative estimate of drug-likeness (QED) is 0.339. The number of likely N-dealkylation sites (tertiary alicyclic amines) is 1. The van der Waals surface area contributed by atoms with Gasteiger partial charge in [0.15, 0.2) is 5.78 Å². The normalized spacial score (nSPS) is 28.5. The molecule has 0 spiro atoms. The van der Waals surface area contributed by atoms with Crippen molar-refractivity contribution < 1.29 is 19.3 Å². The van der Waals surface area contributed by atoms with Gasteiger partial charge in [-0.05, 0) is 13.0 Å². The number of carbonyl (C=O) groups excluding carboxylic acids is 3. The van der Waals surface area contributed by atoms with Crippen LogP contribution in [0.3, 0.4) is 0 Å². The van der Waals surface area contributed by atoms with E-state index >= 15 is 0 Å². The number of fused-ring (bicyclic) bond motifs is 3. The molecule has 3 aliphatic heterocycles. The van der Waals surface area contributed by atoms with Crippen LogP contribution in [0.25, 0.3) is 0 Å². The summed E-state index contributed by atoms with van der Waals surface area (Å²) < 4.78 is 0. The van der Waals surface area contributed by atoms with E-state index in [1.54, 1.807) is 19.1 Å². The fourth-order valence-electron chi connectivity index (χ4n) is 4.15. The SMILES string of the molecule is CCN1C(=O)[C@@H]2[C@H](C1=O)[C@H](C(=O)c1cccc([N+](=O)[O-])c1)N1N=CC=C[C@H]21. The highest BCUT2D eigenvalue weighted by atomic mass is 16.6. The first-order chi connectivity index (χ1) is 13.0. The molecule has 0 radical (unpaired) electrons. The number of nitrogens with zero attached hydrogens (tertiary/aromatic N) is 4. The smallest absolute Gasteiger partial charge is 0.270 e. The highest BCUT2D eigenvalue weighted by Gasteiger charge is 2.63. The van der Waals surface area contributed by atoms with Crippen LogP contribution in [0.15, 0.2) is 41.5 Å². The van der Waals surface area contributed by atoms with E-state index in [4.69, 9.17) is 0 Å². The van der Waals surface area contributed by atoms with E-state index in [1.165, 1.54) is 40.4 Å². The molecule has 3 heterocycles. The lowest BCUT2D eigenvalue weighted by Gasteiger charge is -2.30. The number of non-ortho nitro benzene ring substituents is 1. The molecule has 1 aromatic carbocycles. The van der Waals surface area contributed by atoms with Gasteiger partial charge in [-0.3, -0.25) is 34.4 Å². The number of imide groups is 1. The Bertz CT molecular complexity index is 924. The van der Waals surface area contributed by atoms with Gasteiger partial charge in [0.25, 0.3) is 5.69 Å². The van der Waals surface area contributed by atoms with E-state index in [-0.39, 0.29) is 23.7 Å². The monoisotopic (exact) mass is 368 g/mol. The van der Waals surface area contributed by atoms with E-state index in [0.29, 0.717) is 0 Å². The van der Waals surface area contributed by atoms with E-state index in [0.717, 1.165) is 0 Å². The number of hydrazone groups is 1. The first-order valence-electron chi connectivity index (χ1n) is 8.58. The number of hydrogen-bond acceptors (Lipinski definition) is 7.